The minimum Gasteiger partial charge on any atom is -0.478 e. The fourth-order valence-corrected chi connectivity index (χ4v) is 1.71. The van der Waals surface area contributed by atoms with Gasteiger partial charge in [0.2, 0.25) is 0 Å². The topological polar surface area (TPSA) is 87.2 Å². The lowest BCUT2D eigenvalue weighted by Crippen LogP contribution is -2.09. The molecule has 0 heterocycles. The number of nitrogens with two attached hydrogens (primary N) is 1. The number of anilines is 1. The van der Waals surface area contributed by atoms with Crippen molar-refractivity contribution in [2.45, 2.75) is 0 Å². The summed E-state index contributed by atoms with van der Waals surface area (Å²) < 4.78 is 13.6. The number of nitrogen functional groups attached to an aromatic ring is 1. The Morgan fingerprint density at radius 2 is 1.84 bits per heavy atom. The van der Waals surface area contributed by atoms with Crippen molar-refractivity contribution >= 4 is 17.4 Å². The Bertz CT molecular complexity index is 668. The summed E-state index contributed by atoms with van der Waals surface area (Å²) in [4.78, 5) is 10.9. The number of halogens is 1. The third-order valence-electron chi connectivity index (χ3n) is 2.71. The van der Waals surface area contributed by atoms with Crippen LogP contribution in [0.2, 0.25) is 0 Å². The molecule has 4 nitrogen and oxygen atoms in total. The molecule has 0 atom stereocenters. The first-order valence-corrected chi connectivity index (χ1v) is 5.47. The monoisotopic (exact) mass is 258 g/mol. The van der Waals surface area contributed by atoms with Gasteiger partial charge in [0.1, 0.15) is 5.82 Å². The van der Waals surface area contributed by atoms with Gasteiger partial charge in [-0.05, 0) is 30.3 Å². The lowest BCUT2D eigenvalue weighted by molar-refractivity contribution is 0.0697. The molecule has 0 radical (unpaired) electrons. The van der Waals surface area contributed by atoms with Gasteiger partial charge in [0.05, 0.1) is 11.3 Å². The molecule has 19 heavy (non-hydrogen) atoms. The molecule has 0 unspecified atom stereocenters. The van der Waals surface area contributed by atoms with E-state index in [4.69, 9.17) is 16.2 Å². The van der Waals surface area contributed by atoms with E-state index < -0.39 is 11.8 Å². The molecule has 2 rings (SSSR count). The number of carbonyl (C=O) groups is 1. The summed E-state index contributed by atoms with van der Waals surface area (Å²) in [5, 5.41) is 16.9. The van der Waals surface area contributed by atoms with Gasteiger partial charge in [0.25, 0.3) is 0 Å². The average Bonchev–Trinajstić information content (AvgIpc) is 2.38. The molecule has 0 bridgehead atoms. The molecular formula is C14H11FN2O2. The van der Waals surface area contributed by atoms with E-state index >= 15 is 0 Å². The highest BCUT2D eigenvalue weighted by Crippen LogP contribution is 2.20. The van der Waals surface area contributed by atoms with Crippen LogP contribution >= 0.6 is 0 Å². The van der Waals surface area contributed by atoms with Crippen LogP contribution in [-0.4, -0.2) is 16.8 Å². The van der Waals surface area contributed by atoms with E-state index in [0.717, 1.165) is 0 Å². The van der Waals surface area contributed by atoms with Crippen molar-refractivity contribution in [1.29, 1.82) is 5.41 Å². The van der Waals surface area contributed by atoms with Gasteiger partial charge >= 0.3 is 5.97 Å². The molecule has 4 N–H and O–H groups in total. The summed E-state index contributed by atoms with van der Waals surface area (Å²) in [5.41, 5.74) is 6.10. The first-order chi connectivity index (χ1) is 9.00. The highest BCUT2D eigenvalue weighted by Gasteiger charge is 2.14. The lowest BCUT2D eigenvalue weighted by Gasteiger charge is -2.09. The summed E-state index contributed by atoms with van der Waals surface area (Å²) in [7, 11) is 0. The van der Waals surface area contributed by atoms with Crippen LogP contribution < -0.4 is 5.73 Å². The predicted octanol–water partition coefficient (Wildman–Crippen LogP) is 2.52. The van der Waals surface area contributed by atoms with Gasteiger partial charge in [-0.3, -0.25) is 5.41 Å². The van der Waals surface area contributed by atoms with Crippen LogP contribution in [0.4, 0.5) is 10.1 Å². The van der Waals surface area contributed by atoms with Gasteiger partial charge < -0.3 is 10.8 Å². The predicted molar refractivity (Wildman–Crippen MR) is 70.1 cm³/mol. The minimum atomic E-state index is -1.12. The van der Waals surface area contributed by atoms with E-state index in [9.17, 15) is 9.18 Å². The minimum absolute atomic E-state index is 0.00490. The van der Waals surface area contributed by atoms with E-state index in [1.807, 2.05) is 0 Å². The molecular weight excluding hydrogens is 247 g/mol. The second kappa shape index (κ2) is 4.89. The summed E-state index contributed by atoms with van der Waals surface area (Å²) in [5.74, 6) is -1.67. The van der Waals surface area contributed by atoms with Gasteiger partial charge in [-0.15, -0.1) is 0 Å². The SMILES string of the molecule is N=C(c1cc(C(=O)O)ccc1N)c1ccccc1F. The molecule has 0 saturated carbocycles. The maximum absolute atomic E-state index is 13.6. The molecule has 0 aliphatic rings. The highest BCUT2D eigenvalue weighted by molar-refractivity contribution is 6.14. The molecule has 0 aliphatic carbocycles. The van der Waals surface area contributed by atoms with Crippen molar-refractivity contribution in [3.8, 4) is 0 Å². The quantitative estimate of drug-likeness (QED) is 0.584. The molecule has 5 heteroatoms. The van der Waals surface area contributed by atoms with Gasteiger partial charge in [-0.25, -0.2) is 9.18 Å². The van der Waals surface area contributed by atoms with Crippen LogP contribution in [0, 0.1) is 11.2 Å². The van der Waals surface area contributed by atoms with E-state index in [1.54, 1.807) is 6.07 Å². The van der Waals surface area contributed by atoms with Crippen LogP contribution in [0.5, 0.6) is 0 Å². The zero-order valence-electron chi connectivity index (χ0n) is 9.85. The van der Waals surface area contributed by atoms with Crippen molar-refractivity contribution < 1.29 is 14.3 Å². The zero-order valence-corrected chi connectivity index (χ0v) is 9.85. The number of carboxylic acids is 1. The van der Waals surface area contributed by atoms with Gasteiger partial charge in [-0.2, -0.15) is 0 Å². The Morgan fingerprint density at radius 3 is 2.47 bits per heavy atom. The third kappa shape index (κ3) is 2.44. The molecule has 0 aromatic heterocycles. The van der Waals surface area contributed by atoms with Crippen molar-refractivity contribution in [2.24, 2.45) is 0 Å². The molecule has 0 spiro atoms. The number of hydrogen-bond acceptors (Lipinski definition) is 3. The van der Waals surface area contributed by atoms with Gasteiger partial charge in [0, 0.05) is 16.8 Å². The largest absolute Gasteiger partial charge is 0.478 e. The van der Waals surface area contributed by atoms with Crippen LogP contribution in [0.3, 0.4) is 0 Å². The molecule has 0 saturated heterocycles. The molecule has 0 aliphatic heterocycles. The van der Waals surface area contributed by atoms with E-state index in [0.29, 0.717) is 0 Å². The Hall–Kier alpha value is -2.69. The van der Waals surface area contributed by atoms with Crippen LogP contribution in [0.1, 0.15) is 21.5 Å². The standard InChI is InChI=1S/C14H11FN2O2/c15-11-4-2-1-3-9(11)13(17)10-7-8(14(18)19)5-6-12(10)16/h1-7,17H,16H2,(H,18,19). The van der Waals surface area contributed by atoms with Crippen molar-refractivity contribution in [3.05, 3.63) is 65.0 Å². The highest BCUT2D eigenvalue weighted by atomic mass is 19.1. The number of hydrogen-bond donors (Lipinski definition) is 3. The average molecular weight is 258 g/mol. The Labute approximate surface area is 108 Å². The smallest absolute Gasteiger partial charge is 0.335 e. The number of benzene rings is 2. The maximum atomic E-state index is 13.6. The van der Waals surface area contributed by atoms with Crippen molar-refractivity contribution in [2.75, 3.05) is 5.73 Å². The normalized spacial score (nSPS) is 10.2. The van der Waals surface area contributed by atoms with E-state index in [1.165, 1.54) is 36.4 Å². The first-order valence-electron chi connectivity index (χ1n) is 5.47. The number of aromatic carboxylic acids is 1. The summed E-state index contributed by atoms with van der Waals surface area (Å²) >= 11 is 0. The first kappa shape index (κ1) is 12.8. The molecule has 2 aromatic rings. The molecule has 96 valence electrons. The number of carboxylic acid groups (broad SMARTS) is 1. The molecule has 0 fully saturated rings. The lowest BCUT2D eigenvalue weighted by atomic mass is 9.98. The van der Waals surface area contributed by atoms with Crippen LogP contribution in [0.15, 0.2) is 42.5 Å². The van der Waals surface area contributed by atoms with Crippen molar-refractivity contribution in [1.82, 2.24) is 0 Å². The summed E-state index contributed by atoms with van der Waals surface area (Å²) in [6.45, 7) is 0. The maximum Gasteiger partial charge on any atom is 0.335 e. The Morgan fingerprint density at radius 1 is 1.16 bits per heavy atom. The zero-order chi connectivity index (χ0) is 14.0. The fraction of sp³-hybridized carbons (Fsp3) is 0. The van der Waals surface area contributed by atoms with Crippen LogP contribution in [0.25, 0.3) is 0 Å². The van der Waals surface area contributed by atoms with E-state index in [2.05, 4.69) is 0 Å². The Balaban J connectivity index is 2.53. The Kier molecular flexibility index (Phi) is 3.29. The molecule has 2 aromatic carbocycles. The summed E-state index contributed by atoms with van der Waals surface area (Å²) in [6, 6.07) is 9.81. The van der Waals surface area contributed by atoms with Gasteiger partial charge in [-0.1, -0.05) is 12.1 Å². The molecule has 0 amide bonds. The van der Waals surface area contributed by atoms with Crippen LogP contribution in [-0.2, 0) is 0 Å². The van der Waals surface area contributed by atoms with E-state index in [-0.39, 0.29) is 28.1 Å². The van der Waals surface area contributed by atoms with Crippen molar-refractivity contribution in [3.63, 3.8) is 0 Å². The third-order valence-corrected chi connectivity index (χ3v) is 2.71. The second-order valence-corrected chi connectivity index (χ2v) is 3.96. The number of nitrogens with one attached hydrogen (secondary N) is 1. The number of rotatable bonds is 3. The summed E-state index contributed by atoms with van der Waals surface area (Å²) in [6.07, 6.45) is 0. The van der Waals surface area contributed by atoms with Gasteiger partial charge in [0.15, 0.2) is 0 Å². The fourth-order valence-electron chi connectivity index (χ4n) is 1.71. The second-order valence-electron chi connectivity index (χ2n) is 3.96.